The van der Waals surface area contributed by atoms with E-state index in [0.29, 0.717) is 11.3 Å². The van der Waals surface area contributed by atoms with E-state index in [1.807, 2.05) is 0 Å². The lowest BCUT2D eigenvalue weighted by molar-refractivity contribution is -0.385. The van der Waals surface area contributed by atoms with E-state index >= 15 is 0 Å². The van der Waals surface area contributed by atoms with E-state index in [4.69, 9.17) is 9.84 Å². The van der Waals surface area contributed by atoms with Gasteiger partial charge in [-0.15, -0.1) is 10.2 Å². The third-order valence-electron chi connectivity index (χ3n) is 2.45. The smallest absolute Gasteiger partial charge is 0.356 e. The van der Waals surface area contributed by atoms with Crippen molar-refractivity contribution in [2.75, 3.05) is 0 Å². The summed E-state index contributed by atoms with van der Waals surface area (Å²) in [5, 5.41) is 26.4. The first kappa shape index (κ1) is 13.4. The molecule has 0 aliphatic rings. The molecule has 0 atom stereocenters. The van der Waals surface area contributed by atoms with Crippen LogP contribution in [0.15, 0.2) is 30.3 Å². The number of carboxylic acids is 1. The van der Waals surface area contributed by atoms with Gasteiger partial charge in [0.25, 0.3) is 5.69 Å². The molecule has 0 radical (unpaired) electrons. The van der Waals surface area contributed by atoms with E-state index < -0.39 is 10.9 Å². The first-order valence-corrected chi connectivity index (χ1v) is 5.47. The van der Waals surface area contributed by atoms with Crippen LogP contribution in [0.1, 0.15) is 16.1 Å². The quantitative estimate of drug-likeness (QED) is 0.671. The Morgan fingerprint density at radius 3 is 2.55 bits per heavy atom. The number of aryl methyl sites for hydroxylation is 1. The third kappa shape index (κ3) is 2.86. The lowest BCUT2D eigenvalue weighted by atomic mass is 10.2. The fourth-order valence-corrected chi connectivity index (χ4v) is 1.51. The van der Waals surface area contributed by atoms with Gasteiger partial charge in [-0.1, -0.05) is 0 Å². The van der Waals surface area contributed by atoms with Crippen LogP contribution in [0.2, 0.25) is 0 Å². The molecule has 20 heavy (non-hydrogen) atoms. The minimum absolute atomic E-state index is 0.00957. The lowest BCUT2D eigenvalue weighted by Crippen LogP contribution is -2.02. The molecule has 0 unspecified atom stereocenters. The maximum absolute atomic E-state index is 10.7. The summed E-state index contributed by atoms with van der Waals surface area (Å²) in [6, 6.07) is 6.85. The maximum Gasteiger partial charge on any atom is 0.356 e. The number of carboxylic acid groups (broad SMARTS) is 1. The van der Waals surface area contributed by atoms with E-state index in [2.05, 4.69) is 10.2 Å². The number of nitro groups is 1. The maximum atomic E-state index is 10.7. The fourth-order valence-electron chi connectivity index (χ4n) is 1.51. The topological polar surface area (TPSA) is 115 Å². The second-order valence-corrected chi connectivity index (χ2v) is 3.87. The fraction of sp³-hybridized carbons (Fsp3) is 0.0833. The molecule has 1 N–H and O–H groups in total. The molecule has 8 nitrogen and oxygen atoms in total. The molecule has 0 bridgehead atoms. The number of aromatic nitrogens is 2. The Hall–Kier alpha value is -3.03. The molecular weight excluding hydrogens is 266 g/mol. The first-order chi connectivity index (χ1) is 9.47. The summed E-state index contributed by atoms with van der Waals surface area (Å²) in [5.41, 5.74) is 0.240. The highest BCUT2D eigenvalue weighted by Crippen LogP contribution is 2.25. The first-order valence-electron chi connectivity index (χ1n) is 5.47. The monoisotopic (exact) mass is 275 g/mol. The molecule has 0 saturated carbocycles. The van der Waals surface area contributed by atoms with Crippen LogP contribution in [0.25, 0.3) is 0 Å². The number of aromatic carboxylic acids is 1. The molecule has 2 rings (SSSR count). The largest absolute Gasteiger partial charge is 0.476 e. The van der Waals surface area contributed by atoms with Crippen LogP contribution in [0.3, 0.4) is 0 Å². The van der Waals surface area contributed by atoms with Gasteiger partial charge >= 0.3 is 5.97 Å². The van der Waals surface area contributed by atoms with Gasteiger partial charge in [-0.2, -0.15) is 0 Å². The van der Waals surface area contributed by atoms with Crippen LogP contribution >= 0.6 is 0 Å². The van der Waals surface area contributed by atoms with Crippen molar-refractivity contribution in [1.29, 1.82) is 0 Å². The average molecular weight is 275 g/mol. The number of hydrogen-bond acceptors (Lipinski definition) is 6. The number of hydrogen-bond donors (Lipinski definition) is 1. The Morgan fingerprint density at radius 1 is 1.30 bits per heavy atom. The summed E-state index contributed by atoms with van der Waals surface area (Å²) < 4.78 is 5.34. The van der Waals surface area contributed by atoms with E-state index in [9.17, 15) is 14.9 Å². The average Bonchev–Trinajstić information content (AvgIpc) is 2.39. The number of ether oxygens (including phenoxy) is 1. The van der Waals surface area contributed by atoms with Crippen LogP contribution in [-0.4, -0.2) is 26.2 Å². The van der Waals surface area contributed by atoms with Gasteiger partial charge in [0.1, 0.15) is 5.75 Å². The SMILES string of the molecule is Cc1cc(Oc2ccc(C(=O)O)nn2)ccc1[N+](=O)[O-]. The zero-order valence-corrected chi connectivity index (χ0v) is 10.3. The van der Waals surface area contributed by atoms with Gasteiger partial charge in [0.05, 0.1) is 4.92 Å². The van der Waals surface area contributed by atoms with Crippen LogP contribution in [0.5, 0.6) is 11.6 Å². The zero-order valence-electron chi connectivity index (χ0n) is 10.3. The van der Waals surface area contributed by atoms with Crippen molar-refractivity contribution in [3.05, 3.63) is 51.7 Å². The molecule has 1 aromatic carbocycles. The highest BCUT2D eigenvalue weighted by atomic mass is 16.6. The van der Waals surface area contributed by atoms with Gasteiger partial charge in [-0.05, 0) is 25.1 Å². The van der Waals surface area contributed by atoms with Gasteiger partial charge < -0.3 is 9.84 Å². The number of rotatable bonds is 4. The van der Waals surface area contributed by atoms with Crippen molar-refractivity contribution in [3.8, 4) is 11.6 Å². The highest BCUT2D eigenvalue weighted by molar-refractivity contribution is 5.84. The van der Waals surface area contributed by atoms with E-state index in [1.165, 1.54) is 30.3 Å². The Labute approximate surface area is 112 Å². The molecule has 2 aromatic rings. The zero-order chi connectivity index (χ0) is 14.7. The van der Waals surface area contributed by atoms with Crippen molar-refractivity contribution in [3.63, 3.8) is 0 Å². The molecule has 0 aliphatic carbocycles. The molecule has 0 amide bonds. The molecule has 0 aliphatic heterocycles. The summed E-state index contributed by atoms with van der Waals surface area (Å²) >= 11 is 0. The Kier molecular flexibility index (Phi) is 3.56. The molecule has 1 aromatic heterocycles. The van der Waals surface area contributed by atoms with Gasteiger partial charge in [0.15, 0.2) is 5.69 Å². The van der Waals surface area contributed by atoms with Crippen molar-refractivity contribution < 1.29 is 19.6 Å². The summed E-state index contributed by atoms with van der Waals surface area (Å²) in [6.45, 7) is 1.59. The minimum Gasteiger partial charge on any atom is -0.476 e. The summed E-state index contributed by atoms with van der Waals surface area (Å²) in [6.07, 6.45) is 0. The molecule has 0 spiro atoms. The summed E-state index contributed by atoms with van der Waals surface area (Å²) in [4.78, 5) is 20.8. The third-order valence-corrected chi connectivity index (χ3v) is 2.45. The number of nitrogens with zero attached hydrogens (tertiary/aromatic N) is 3. The Bertz CT molecular complexity index is 669. The normalized spacial score (nSPS) is 10.1. The Morgan fingerprint density at radius 2 is 2.05 bits per heavy atom. The Balaban J connectivity index is 2.19. The van der Waals surface area contributed by atoms with Crippen molar-refractivity contribution in [2.45, 2.75) is 6.92 Å². The predicted molar refractivity (Wildman–Crippen MR) is 66.9 cm³/mol. The van der Waals surface area contributed by atoms with Crippen LogP contribution < -0.4 is 4.74 Å². The molecular formula is C12H9N3O5. The predicted octanol–water partition coefficient (Wildman–Crippen LogP) is 2.18. The standard InChI is InChI=1S/C12H9N3O5/c1-7-6-8(2-4-10(7)15(18)19)20-11-5-3-9(12(16)17)13-14-11/h2-6H,1H3,(H,16,17). The molecule has 8 heteroatoms. The number of carbonyl (C=O) groups is 1. The number of nitro benzene ring substituents is 1. The molecule has 1 heterocycles. The van der Waals surface area contributed by atoms with Crippen molar-refractivity contribution in [2.24, 2.45) is 0 Å². The lowest BCUT2D eigenvalue weighted by Gasteiger charge is -2.05. The van der Waals surface area contributed by atoms with Gasteiger partial charge in [0, 0.05) is 17.7 Å². The van der Waals surface area contributed by atoms with Crippen LogP contribution in [0, 0.1) is 17.0 Å². The summed E-state index contributed by atoms with van der Waals surface area (Å²) in [7, 11) is 0. The highest BCUT2D eigenvalue weighted by Gasteiger charge is 2.12. The summed E-state index contributed by atoms with van der Waals surface area (Å²) in [5.74, 6) is -0.732. The van der Waals surface area contributed by atoms with E-state index in [1.54, 1.807) is 6.92 Å². The van der Waals surface area contributed by atoms with E-state index in [0.717, 1.165) is 0 Å². The van der Waals surface area contributed by atoms with Crippen molar-refractivity contribution in [1.82, 2.24) is 10.2 Å². The molecule has 0 saturated heterocycles. The second-order valence-electron chi connectivity index (χ2n) is 3.87. The van der Waals surface area contributed by atoms with Crippen LogP contribution in [-0.2, 0) is 0 Å². The second kappa shape index (κ2) is 5.31. The van der Waals surface area contributed by atoms with Gasteiger partial charge in [-0.25, -0.2) is 4.79 Å². The number of benzene rings is 1. The molecule has 102 valence electrons. The van der Waals surface area contributed by atoms with E-state index in [-0.39, 0.29) is 17.3 Å². The minimum atomic E-state index is -1.18. The van der Waals surface area contributed by atoms with Crippen LogP contribution in [0.4, 0.5) is 5.69 Å². The van der Waals surface area contributed by atoms with Crippen molar-refractivity contribution >= 4 is 11.7 Å². The molecule has 0 fully saturated rings. The van der Waals surface area contributed by atoms with Gasteiger partial charge in [-0.3, -0.25) is 10.1 Å². The van der Waals surface area contributed by atoms with Gasteiger partial charge in [0.2, 0.25) is 5.88 Å².